The predicted octanol–water partition coefficient (Wildman–Crippen LogP) is 1.23. The van der Waals surface area contributed by atoms with Crippen LogP contribution < -0.4 is 10.1 Å². The summed E-state index contributed by atoms with van der Waals surface area (Å²) in [7, 11) is 1.58. The van der Waals surface area contributed by atoms with Gasteiger partial charge in [-0.05, 0) is 19.9 Å². The zero-order valence-corrected chi connectivity index (χ0v) is 8.57. The van der Waals surface area contributed by atoms with Crippen LogP contribution in [0.1, 0.15) is 24.2 Å². The van der Waals surface area contributed by atoms with E-state index in [1.54, 1.807) is 19.3 Å². The quantitative estimate of drug-likeness (QED) is 0.787. The molecular formula is C10H14N2O2. The number of hydrogen-bond acceptors (Lipinski definition) is 3. The van der Waals surface area contributed by atoms with Crippen molar-refractivity contribution in [2.24, 2.45) is 0 Å². The lowest BCUT2D eigenvalue weighted by Gasteiger charge is -2.09. The van der Waals surface area contributed by atoms with Crippen LogP contribution in [0.2, 0.25) is 0 Å². The molecule has 14 heavy (non-hydrogen) atoms. The Labute approximate surface area is 83.3 Å². The molecule has 1 N–H and O–H groups in total. The molecule has 0 aliphatic rings. The van der Waals surface area contributed by atoms with Crippen molar-refractivity contribution in [3.05, 3.63) is 24.0 Å². The highest BCUT2D eigenvalue weighted by molar-refractivity contribution is 5.93. The van der Waals surface area contributed by atoms with Gasteiger partial charge in [-0.2, -0.15) is 0 Å². The van der Waals surface area contributed by atoms with E-state index in [0.717, 1.165) is 0 Å². The third kappa shape index (κ3) is 2.73. The van der Waals surface area contributed by atoms with Gasteiger partial charge in [0.15, 0.2) is 0 Å². The van der Waals surface area contributed by atoms with Crippen molar-refractivity contribution in [1.29, 1.82) is 0 Å². The summed E-state index contributed by atoms with van der Waals surface area (Å²) in [5, 5.41) is 2.53. The van der Waals surface area contributed by atoms with E-state index in [2.05, 4.69) is 10.3 Å². The molecule has 0 saturated carbocycles. The van der Waals surface area contributed by atoms with Crippen LogP contribution in [0.15, 0.2) is 18.5 Å². The Hall–Kier alpha value is -1.58. The number of carbonyl (C=O) groups is 1. The molecule has 0 spiro atoms. The number of carbonyl (C=O) groups excluding carboxylic acids is 1. The van der Waals surface area contributed by atoms with Crippen molar-refractivity contribution in [3.8, 4) is 5.75 Å². The van der Waals surface area contributed by atoms with E-state index in [4.69, 9.17) is 4.74 Å². The third-order valence-corrected chi connectivity index (χ3v) is 1.57. The van der Waals surface area contributed by atoms with E-state index in [0.29, 0.717) is 11.3 Å². The summed E-state index contributed by atoms with van der Waals surface area (Å²) in [5.74, 6) is 0.452. The lowest BCUT2D eigenvalue weighted by Crippen LogP contribution is -2.18. The van der Waals surface area contributed by atoms with Gasteiger partial charge >= 0.3 is 0 Å². The molecular weight excluding hydrogens is 180 g/mol. The van der Waals surface area contributed by atoms with Gasteiger partial charge in [-0.15, -0.1) is 0 Å². The van der Waals surface area contributed by atoms with Gasteiger partial charge in [0.25, 0.3) is 5.91 Å². The van der Waals surface area contributed by atoms with Crippen LogP contribution in [0, 0.1) is 0 Å². The van der Waals surface area contributed by atoms with Crippen LogP contribution in [0.4, 0.5) is 0 Å². The fraction of sp³-hybridized carbons (Fsp3) is 0.400. The second-order valence-corrected chi connectivity index (χ2v) is 3.16. The number of ether oxygens (including phenoxy) is 1. The number of nitrogens with zero attached hydrogens (tertiary/aromatic N) is 1. The van der Waals surface area contributed by atoms with Crippen LogP contribution in [0.3, 0.4) is 0 Å². The van der Waals surface area contributed by atoms with Crippen molar-refractivity contribution < 1.29 is 9.53 Å². The van der Waals surface area contributed by atoms with E-state index < -0.39 is 0 Å². The minimum atomic E-state index is -0.160. The monoisotopic (exact) mass is 194 g/mol. The van der Waals surface area contributed by atoms with E-state index in [-0.39, 0.29) is 12.0 Å². The molecule has 0 bridgehead atoms. The molecule has 0 radical (unpaired) electrons. The van der Waals surface area contributed by atoms with E-state index >= 15 is 0 Å². The number of nitrogens with one attached hydrogen (secondary N) is 1. The van der Waals surface area contributed by atoms with Crippen LogP contribution in [-0.4, -0.2) is 24.0 Å². The second kappa shape index (κ2) is 4.60. The largest absolute Gasteiger partial charge is 0.489 e. The summed E-state index contributed by atoms with van der Waals surface area (Å²) in [6.45, 7) is 3.85. The standard InChI is InChI=1S/C10H14N2O2/c1-7(2)14-9-4-8(5-12-6-9)10(13)11-3/h4-7H,1-3H3,(H,11,13). The first-order chi connectivity index (χ1) is 6.63. The van der Waals surface area contributed by atoms with E-state index in [1.807, 2.05) is 13.8 Å². The summed E-state index contributed by atoms with van der Waals surface area (Å²) < 4.78 is 5.41. The van der Waals surface area contributed by atoms with Gasteiger partial charge in [0.1, 0.15) is 5.75 Å². The summed E-state index contributed by atoms with van der Waals surface area (Å²) in [6, 6.07) is 1.67. The maximum absolute atomic E-state index is 11.2. The molecule has 1 aromatic rings. The van der Waals surface area contributed by atoms with Gasteiger partial charge in [-0.3, -0.25) is 9.78 Å². The maximum Gasteiger partial charge on any atom is 0.252 e. The van der Waals surface area contributed by atoms with Crippen molar-refractivity contribution in [3.63, 3.8) is 0 Å². The number of rotatable bonds is 3. The molecule has 0 atom stereocenters. The van der Waals surface area contributed by atoms with Crippen molar-refractivity contribution in [2.75, 3.05) is 7.05 Å². The SMILES string of the molecule is CNC(=O)c1cncc(OC(C)C)c1. The molecule has 0 fully saturated rings. The van der Waals surface area contributed by atoms with Crippen LogP contribution >= 0.6 is 0 Å². The fourth-order valence-electron chi connectivity index (χ4n) is 1.02. The van der Waals surface area contributed by atoms with E-state index in [9.17, 15) is 4.79 Å². The summed E-state index contributed by atoms with van der Waals surface area (Å²) in [4.78, 5) is 15.2. The first kappa shape index (κ1) is 10.5. The minimum absolute atomic E-state index is 0.0803. The molecule has 0 unspecified atom stereocenters. The van der Waals surface area contributed by atoms with Crippen molar-refractivity contribution >= 4 is 5.91 Å². The number of hydrogen-bond donors (Lipinski definition) is 1. The smallest absolute Gasteiger partial charge is 0.252 e. The first-order valence-electron chi connectivity index (χ1n) is 4.47. The molecule has 0 aromatic carbocycles. The van der Waals surface area contributed by atoms with Crippen LogP contribution in [0.25, 0.3) is 0 Å². The lowest BCUT2D eigenvalue weighted by atomic mass is 10.2. The summed E-state index contributed by atoms with van der Waals surface area (Å²) in [6.07, 6.45) is 3.18. The average Bonchev–Trinajstić information content (AvgIpc) is 2.16. The Morgan fingerprint density at radius 3 is 2.79 bits per heavy atom. The highest BCUT2D eigenvalue weighted by atomic mass is 16.5. The van der Waals surface area contributed by atoms with Gasteiger partial charge in [-0.25, -0.2) is 0 Å². The maximum atomic E-state index is 11.2. The molecule has 4 nitrogen and oxygen atoms in total. The highest BCUT2D eigenvalue weighted by Crippen LogP contribution is 2.12. The zero-order valence-electron chi connectivity index (χ0n) is 8.57. The Morgan fingerprint density at radius 1 is 1.50 bits per heavy atom. The van der Waals surface area contributed by atoms with E-state index in [1.165, 1.54) is 6.20 Å². The Kier molecular flexibility index (Phi) is 3.45. The number of pyridine rings is 1. The average molecular weight is 194 g/mol. The summed E-state index contributed by atoms with van der Waals surface area (Å²) >= 11 is 0. The molecule has 0 aliphatic heterocycles. The van der Waals surface area contributed by atoms with Crippen LogP contribution in [0.5, 0.6) is 5.75 Å². The molecule has 1 rings (SSSR count). The Morgan fingerprint density at radius 2 is 2.21 bits per heavy atom. The minimum Gasteiger partial charge on any atom is -0.489 e. The van der Waals surface area contributed by atoms with Crippen LogP contribution in [-0.2, 0) is 0 Å². The Balaban J connectivity index is 2.84. The molecule has 4 heteroatoms. The molecule has 0 saturated heterocycles. The normalized spacial score (nSPS) is 10.0. The van der Waals surface area contributed by atoms with Gasteiger partial charge in [0, 0.05) is 13.2 Å². The Bertz CT molecular complexity index is 324. The molecule has 1 heterocycles. The molecule has 0 aliphatic carbocycles. The highest BCUT2D eigenvalue weighted by Gasteiger charge is 2.05. The van der Waals surface area contributed by atoms with Gasteiger partial charge in [0.05, 0.1) is 17.9 Å². The molecule has 1 amide bonds. The zero-order chi connectivity index (χ0) is 10.6. The van der Waals surface area contributed by atoms with Gasteiger partial charge < -0.3 is 10.1 Å². The molecule has 76 valence electrons. The first-order valence-corrected chi connectivity index (χ1v) is 4.47. The third-order valence-electron chi connectivity index (χ3n) is 1.57. The number of amides is 1. The molecule has 1 aromatic heterocycles. The predicted molar refractivity (Wildman–Crippen MR) is 53.4 cm³/mol. The summed E-state index contributed by atoms with van der Waals surface area (Å²) in [5.41, 5.74) is 0.505. The second-order valence-electron chi connectivity index (χ2n) is 3.16. The number of aromatic nitrogens is 1. The fourth-order valence-corrected chi connectivity index (χ4v) is 1.02. The van der Waals surface area contributed by atoms with Gasteiger partial charge in [0.2, 0.25) is 0 Å². The van der Waals surface area contributed by atoms with Crippen molar-refractivity contribution in [2.45, 2.75) is 20.0 Å². The topological polar surface area (TPSA) is 51.2 Å². The van der Waals surface area contributed by atoms with Gasteiger partial charge in [-0.1, -0.05) is 0 Å². The lowest BCUT2D eigenvalue weighted by molar-refractivity contribution is 0.0962. The van der Waals surface area contributed by atoms with Crippen molar-refractivity contribution in [1.82, 2.24) is 10.3 Å².